The minimum Gasteiger partial charge on any atom is -0.452 e. The van der Waals surface area contributed by atoms with E-state index < -0.39 is 17.2 Å². The maximum absolute atomic E-state index is 14.7. The van der Waals surface area contributed by atoms with Crippen molar-refractivity contribution in [1.82, 2.24) is 24.7 Å². The van der Waals surface area contributed by atoms with Gasteiger partial charge in [-0.25, -0.2) is 13.8 Å². The summed E-state index contributed by atoms with van der Waals surface area (Å²) < 4.78 is 36.1. The molecule has 3 N–H and O–H groups in total. The second-order valence-electron chi connectivity index (χ2n) is 9.58. The average Bonchev–Trinajstić information content (AvgIpc) is 3.45. The van der Waals surface area contributed by atoms with Gasteiger partial charge in [0.25, 0.3) is 0 Å². The number of pyridine rings is 1. The Morgan fingerprint density at radius 1 is 1.05 bits per heavy atom. The first-order valence-corrected chi connectivity index (χ1v) is 11.6. The number of H-pyrrole nitrogens is 2. The molecule has 8 nitrogen and oxygen atoms in total. The average molecular weight is 506 g/mol. The van der Waals surface area contributed by atoms with Crippen molar-refractivity contribution in [3.8, 4) is 28.7 Å². The smallest absolute Gasteiger partial charge is 0.208 e. The van der Waals surface area contributed by atoms with Gasteiger partial charge in [-0.1, -0.05) is 6.07 Å². The molecule has 0 aliphatic carbocycles. The second kappa shape index (κ2) is 8.67. The molecule has 0 bridgehead atoms. The van der Waals surface area contributed by atoms with Gasteiger partial charge >= 0.3 is 0 Å². The quantitative estimate of drug-likeness (QED) is 0.299. The minimum atomic E-state index is -1.20. The lowest BCUT2D eigenvalue weighted by atomic mass is 9.97. The summed E-state index contributed by atoms with van der Waals surface area (Å²) in [5.74, 6) is -0.436. The van der Waals surface area contributed by atoms with Crippen molar-refractivity contribution in [2.75, 3.05) is 0 Å². The second-order valence-corrected chi connectivity index (χ2v) is 9.58. The minimum absolute atomic E-state index is 0.126. The van der Waals surface area contributed by atoms with E-state index in [0.29, 0.717) is 45.2 Å². The number of nitrogens with one attached hydrogen (secondary N) is 2. The Morgan fingerprint density at radius 2 is 1.81 bits per heavy atom. The number of benzene rings is 2. The normalized spacial score (nSPS) is 11.9. The van der Waals surface area contributed by atoms with Crippen molar-refractivity contribution in [3.63, 3.8) is 0 Å². The lowest BCUT2D eigenvalue weighted by Gasteiger charge is -2.22. The topological polar surface area (TPSA) is 109 Å². The first kappa shape index (κ1) is 24.4. The molecule has 0 radical (unpaired) electrons. The number of rotatable bonds is 5. The molecule has 0 saturated heterocycles. The summed E-state index contributed by atoms with van der Waals surface area (Å²) in [6.07, 6.45) is 1.65. The molecule has 0 aliphatic heterocycles. The van der Waals surface area contributed by atoms with E-state index in [9.17, 15) is 18.7 Å². The van der Waals surface area contributed by atoms with Gasteiger partial charge in [0.05, 0.1) is 22.5 Å². The van der Waals surface area contributed by atoms with Crippen LogP contribution in [-0.4, -0.2) is 29.8 Å². The SMILES string of the molecule is Cc1nc(-c2cc3c([nH]2)c(=O)c(C)cn3-c2cc(C(C)(C)O)ccc2Oc2c(C)cc(F)cc2F)n[nH]1. The van der Waals surface area contributed by atoms with Gasteiger partial charge < -0.3 is 19.4 Å². The Labute approximate surface area is 210 Å². The number of aryl methyl sites for hydroxylation is 3. The molecule has 10 heteroatoms. The predicted molar refractivity (Wildman–Crippen MR) is 135 cm³/mol. The van der Waals surface area contributed by atoms with Crippen molar-refractivity contribution in [2.45, 2.75) is 40.2 Å². The van der Waals surface area contributed by atoms with Crippen LogP contribution in [0.4, 0.5) is 8.78 Å². The number of nitrogens with zero attached hydrogens (tertiary/aromatic N) is 3. The van der Waals surface area contributed by atoms with Crippen molar-refractivity contribution in [1.29, 1.82) is 0 Å². The van der Waals surface area contributed by atoms with E-state index in [0.717, 1.165) is 6.07 Å². The molecule has 2 aromatic carbocycles. The Hall–Kier alpha value is -4.31. The summed E-state index contributed by atoms with van der Waals surface area (Å²) in [6.45, 7) is 8.28. The third-order valence-corrected chi connectivity index (χ3v) is 6.13. The Bertz CT molecular complexity index is 1700. The molecule has 0 atom stereocenters. The van der Waals surface area contributed by atoms with Gasteiger partial charge in [0.1, 0.15) is 17.2 Å². The molecule has 37 heavy (non-hydrogen) atoms. The predicted octanol–water partition coefficient (Wildman–Crippen LogP) is 5.33. The molecule has 3 aromatic heterocycles. The highest BCUT2D eigenvalue weighted by Gasteiger charge is 2.22. The molecular weight excluding hydrogens is 480 g/mol. The zero-order valence-electron chi connectivity index (χ0n) is 20.9. The van der Waals surface area contributed by atoms with Crippen LogP contribution in [-0.2, 0) is 5.60 Å². The Kier molecular flexibility index (Phi) is 5.71. The number of fused-ring (bicyclic) bond motifs is 1. The highest BCUT2D eigenvalue weighted by Crippen LogP contribution is 2.37. The summed E-state index contributed by atoms with van der Waals surface area (Å²) >= 11 is 0. The fourth-order valence-electron chi connectivity index (χ4n) is 4.21. The van der Waals surface area contributed by atoms with Crippen LogP contribution in [0, 0.1) is 32.4 Å². The molecule has 3 heterocycles. The van der Waals surface area contributed by atoms with E-state index in [1.165, 1.54) is 6.07 Å². The number of hydrogen-bond donors (Lipinski definition) is 3. The Morgan fingerprint density at radius 3 is 2.46 bits per heavy atom. The molecule has 0 saturated carbocycles. The summed E-state index contributed by atoms with van der Waals surface area (Å²) in [7, 11) is 0. The van der Waals surface area contributed by atoms with Crippen LogP contribution >= 0.6 is 0 Å². The summed E-state index contributed by atoms with van der Waals surface area (Å²) in [6, 6.07) is 8.66. The van der Waals surface area contributed by atoms with E-state index in [2.05, 4.69) is 20.2 Å². The summed E-state index contributed by atoms with van der Waals surface area (Å²) in [4.78, 5) is 20.5. The number of hydrogen-bond acceptors (Lipinski definition) is 5. The lowest BCUT2D eigenvalue weighted by Crippen LogP contribution is -2.17. The third kappa shape index (κ3) is 4.40. The van der Waals surface area contributed by atoms with Crippen molar-refractivity contribution >= 4 is 11.0 Å². The van der Waals surface area contributed by atoms with Crippen LogP contribution < -0.4 is 10.2 Å². The third-order valence-electron chi connectivity index (χ3n) is 6.13. The number of ether oxygens (including phenoxy) is 1. The maximum atomic E-state index is 14.7. The molecule has 0 fully saturated rings. The maximum Gasteiger partial charge on any atom is 0.208 e. The zero-order valence-corrected chi connectivity index (χ0v) is 20.9. The molecule has 0 aliphatic rings. The van der Waals surface area contributed by atoms with Gasteiger partial charge in [-0.2, -0.15) is 5.10 Å². The molecule has 0 spiro atoms. The molecule has 190 valence electrons. The van der Waals surface area contributed by atoms with Crippen LogP contribution in [0.1, 0.15) is 36.4 Å². The first-order chi connectivity index (χ1) is 17.4. The van der Waals surface area contributed by atoms with E-state index in [-0.39, 0.29) is 22.5 Å². The van der Waals surface area contributed by atoms with Gasteiger partial charge in [0.2, 0.25) is 5.43 Å². The molecule has 5 rings (SSSR count). The Balaban J connectivity index is 1.77. The molecule has 5 aromatic rings. The van der Waals surface area contributed by atoms with E-state index >= 15 is 0 Å². The molecule has 0 unspecified atom stereocenters. The van der Waals surface area contributed by atoms with Crippen molar-refractivity contribution in [2.24, 2.45) is 0 Å². The standard InChI is InChI=1S/C27H25F2N5O3/c1-13-8-17(28)10-18(29)25(13)37-22-7-6-16(27(4,5)36)9-20(22)34-12-14(2)24(35)23-21(34)11-19(31-23)26-30-15(3)32-33-26/h6-12,31,36H,1-5H3,(H,30,32,33). The van der Waals surface area contributed by atoms with E-state index in [1.54, 1.807) is 69.6 Å². The van der Waals surface area contributed by atoms with Crippen LogP contribution in [0.3, 0.4) is 0 Å². The zero-order chi connectivity index (χ0) is 26.6. The highest BCUT2D eigenvalue weighted by atomic mass is 19.1. The van der Waals surface area contributed by atoms with Crippen LogP contribution in [0.15, 0.2) is 47.4 Å². The van der Waals surface area contributed by atoms with E-state index in [1.807, 2.05) is 0 Å². The number of aromatic nitrogens is 5. The largest absolute Gasteiger partial charge is 0.452 e. The highest BCUT2D eigenvalue weighted by molar-refractivity contribution is 5.84. The van der Waals surface area contributed by atoms with Gasteiger partial charge in [0.15, 0.2) is 23.1 Å². The van der Waals surface area contributed by atoms with Crippen LogP contribution in [0.5, 0.6) is 11.5 Å². The molecule has 0 amide bonds. The molecular formula is C27H25F2N5O3. The fourth-order valence-corrected chi connectivity index (χ4v) is 4.21. The number of aliphatic hydroxyl groups is 1. The van der Waals surface area contributed by atoms with Gasteiger partial charge in [-0.15, -0.1) is 0 Å². The van der Waals surface area contributed by atoms with Gasteiger partial charge in [-0.05, 0) is 70.0 Å². The van der Waals surface area contributed by atoms with E-state index in [4.69, 9.17) is 4.74 Å². The monoisotopic (exact) mass is 505 g/mol. The number of halogens is 2. The van der Waals surface area contributed by atoms with Crippen LogP contribution in [0.25, 0.3) is 28.2 Å². The first-order valence-electron chi connectivity index (χ1n) is 11.6. The van der Waals surface area contributed by atoms with Crippen molar-refractivity contribution < 1.29 is 18.6 Å². The lowest BCUT2D eigenvalue weighted by molar-refractivity contribution is 0.0785. The van der Waals surface area contributed by atoms with Crippen molar-refractivity contribution in [3.05, 3.63) is 87.0 Å². The summed E-state index contributed by atoms with van der Waals surface area (Å²) in [5, 5.41) is 17.7. The fraction of sp³-hybridized carbons (Fsp3) is 0.222. The van der Waals surface area contributed by atoms with Crippen LogP contribution in [0.2, 0.25) is 0 Å². The summed E-state index contributed by atoms with van der Waals surface area (Å²) in [5.41, 5.74) is 1.67. The van der Waals surface area contributed by atoms with Gasteiger partial charge in [0, 0.05) is 17.8 Å². The van der Waals surface area contributed by atoms with Gasteiger partial charge in [-0.3, -0.25) is 9.89 Å². The number of aromatic amines is 2.